The third-order valence-corrected chi connectivity index (χ3v) is 9.82. The molecule has 1 saturated carbocycles. The Hall–Kier alpha value is -5.76. The van der Waals surface area contributed by atoms with Crippen molar-refractivity contribution in [1.82, 2.24) is 0 Å². The molecular weight excluding hydrogens is 580 g/mol. The molecule has 46 heavy (non-hydrogen) atoms. The monoisotopic (exact) mass is 606 g/mol. The van der Waals surface area contributed by atoms with Crippen molar-refractivity contribution in [3.8, 4) is 0 Å². The predicted molar refractivity (Wildman–Crippen MR) is 168 cm³/mol. The molecule has 2 unspecified atom stereocenters. The van der Waals surface area contributed by atoms with Crippen molar-refractivity contribution in [3.05, 3.63) is 144 Å². The third kappa shape index (κ3) is 3.99. The van der Waals surface area contributed by atoms with Crippen LogP contribution in [-0.2, 0) is 19.2 Å². The molecule has 2 heterocycles. The topological polar surface area (TPSA) is 109 Å². The van der Waals surface area contributed by atoms with Crippen molar-refractivity contribution in [2.24, 2.45) is 35.5 Å². The number of carbonyl (C=O) groups is 6. The first-order valence-electron chi connectivity index (χ1n) is 15.2. The van der Waals surface area contributed by atoms with E-state index in [1.54, 1.807) is 109 Å². The Morgan fingerprint density at radius 3 is 1.09 bits per heavy atom. The second kappa shape index (κ2) is 10.4. The maximum atomic E-state index is 14.0. The number of nitrogens with zero attached hydrogens (tertiary/aromatic N) is 2. The molecular formula is C38H26N2O6. The summed E-state index contributed by atoms with van der Waals surface area (Å²) in [5.41, 5.74) is 2.22. The minimum atomic E-state index is -0.806. The summed E-state index contributed by atoms with van der Waals surface area (Å²) >= 11 is 0. The molecule has 2 bridgehead atoms. The van der Waals surface area contributed by atoms with Crippen LogP contribution >= 0.6 is 0 Å². The Balaban J connectivity index is 1.10. The SMILES string of the molecule is O=C(c1ccccc1)c1cccc(N2C(=O)[C@@H]3C4C=CC([C@H]3C2=O)[C@@H]2C(=O)N(c3cccc(C(=O)c5ccccc5)c3)C(=O)[C@@H]42)c1. The number of benzene rings is 4. The fourth-order valence-electron chi connectivity index (χ4n) is 7.82. The lowest BCUT2D eigenvalue weighted by molar-refractivity contribution is -0.137. The van der Waals surface area contributed by atoms with E-state index in [-0.39, 0.29) is 22.9 Å². The van der Waals surface area contributed by atoms with Gasteiger partial charge in [0.05, 0.1) is 35.0 Å². The molecule has 5 aliphatic rings. The molecule has 6 atom stereocenters. The van der Waals surface area contributed by atoms with Crippen molar-refractivity contribution < 1.29 is 28.8 Å². The van der Waals surface area contributed by atoms with Gasteiger partial charge in [0.25, 0.3) is 0 Å². The number of rotatable bonds is 6. The van der Waals surface area contributed by atoms with Crippen molar-refractivity contribution >= 4 is 46.6 Å². The number of carbonyl (C=O) groups excluding carboxylic acids is 6. The minimum Gasteiger partial charge on any atom is -0.289 e. The fraction of sp³-hybridized carbons (Fsp3) is 0.158. The van der Waals surface area contributed by atoms with Gasteiger partial charge in [-0.2, -0.15) is 0 Å². The Morgan fingerprint density at radius 2 is 0.739 bits per heavy atom. The Morgan fingerprint density at radius 1 is 0.413 bits per heavy atom. The summed E-state index contributed by atoms with van der Waals surface area (Å²) in [6, 6.07) is 30.4. The van der Waals surface area contributed by atoms with Crippen LogP contribution in [0.3, 0.4) is 0 Å². The normalized spacial score (nSPS) is 26.0. The summed E-state index contributed by atoms with van der Waals surface area (Å²) in [5, 5.41) is 0. The largest absolute Gasteiger partial charge is 0.289 e. The molecule has 8 nitrogen and oxygen atoms in total. The zero-order chi connectivity index (χ0) is 31.7. The highest BCUT2D eigenvalue weighted by Gasteiger charge is 2.68. The summed E-state index contributed by atoms with van der Waals surface area (Å²) in [5.74, 6) is -6.74. The van der Waals surface area contributed by atoms with Crippen LogP contribution < -0.4 is 9.80 Å². The molecule has 8 heteroatoms. The number of ketones is 2. The standard InChI is InChI=1S/C38H26N2O6/c41-33(21-9-3-1-4-10-21)23-13-7-15-25(19-23)39-35(43)29-27-17-18-28(30(29)36(39)44)32-31(27)37(45)40(38(32)46)26-16-8-14-24(20-26)34(42)22-11-5-2-6-12-22/h1-20,27-32H/t27?,28?,29-,30-,31+,32+. The van der Waals surface area contributed by atoms with Gasteiger partial charge in [0.2, 0.25) is 23.6 Å². The molecule has 224 valence electrons. The maximum absolute atomic E-state index is 14.0. The first kappa shape index (κ1) is 27.8. The molecule has 0 N–H and O–H groups in total. The van der Waals surface area contributed by atoms with Crippen LogP contribution in [0.1, 0.15) is 31.8 Å². The van der Waals surface area contributed by atoms with Gasteiger partial charge in [-0.3, -0.25) is 28.8 Å². The van der Waals surface area contributed by atoms with Gasteiger partial charge in [0.1, 0.15) is 0 Å². The van der Waals surface area contributed by atoms with E-state index in [9.17, 15) is 28.8 Å². The second-order valence-electron chi connectivity index (χ2n) is 12.2. The molecule has 0 aromatic heterocycles. The molecule has 3 fully saturated rings. The van der Waals surface area contributed by atoms with Gasteiger partial charge in [-0.15, -0.1) is 0 Å². The predicted octanol–water partition coefficient (Wildman–Crippen LogP) is 4.88. The average Bonchev–Trinajstić information content (AvgIpc) is 3.55. The maximum Gasteiger partial charge on any atom is 0.238 e. The van der Waals surface area contributed by atoms with Gasteiger partial charge in [-0.1, -0.05) is 97.1 Å². The van der Waals surface area contributed by atoms with Crippen molar-refractivity contribution in [2.75, 3.05) is 9.80 Å². The van der Waals surface area contributed by atoms with Gasteiger partial charge >= 0.3 is 0 Å². The average molecular weight is 607 g/mol. The van der Waals surface area contributed by atoms with E-state index in [2.05, 4.69) is 0 Å². The first-order chi connectivity index (χ1) is 22.3. The second-order valence-corrected chi connectivity index (χ2v) is 12.2. The van der Waals surface area contributed by atoms with E-state index >= 15 is 0 Å². The molecule has 4 aromatic carbocycles. The van der Waals surface area contributed by atoms with E-state index in [1.165, 1.54) is 0 Å². The number of imide groups is 2. The molecule has 0 radical (unpaired) electrons. The molecule has 3 aliphatic carbocycles. The van der Waals surface area contributed by atoms with E-state index in [0.717, 1.165) is 9.80 Å². The number of anilines is 2. The van der Waals surface area contributed by atoms with E-state index in [1.807, 2.05) is 12.1 Å². The summed E-state index contributed by atoms with van der Waals surface area (Å²) in [4.78, 5) is 84.6. The van der Waals surface area contributed by atoms with Crippen LogP contribution in [-0.4, -0.2) is 35.2 Å². The summed E-state index contributed by atoms with van der Waals surface area (Å²) < 4.78 is 0. The van der Waals surface area contributed by atoms with E-state index in [0.29, 0.717) is 22.3 Å². The van der Waals surface area contributed by atoms with Crippen LogP contribution in [0, 0.1) is 35.5 Å². The Bertz CT molecular complexity index is 1830. The number of allylic oxidation sites excluding steroid dienone is 2. The van der Waals surface area contributed by atoms with Crippen molar-refractivity contribution in [3.63, 3.8) is 0 Å². The van der Waals surface area contributed by atoms with Crippen LogP contribution in [0.5, 0.6) is 0 Å². The van der Waals surface area contributed by atoms with E-state index < -0.39 is 59.1 Å². The van der Waals surface area contributed by atoms with Gasteiger partial charge in [0, 0.05) is 34.1 Å². The number of hydrogen-bond acceptors (Lipinski definition) is 6. The van der Waals surface area contributed by atoms with Crippen molar-refractivity contribution in [2.45, 2.75) is 0 Å². The smallest absolute Gasteiger partial charge is 0.238 e. The van der Waals surface area contributed by atoms with Crippen LogP contribution in [0.2, 0.25) is 0 Å². The molecule has 0 spiro atoms. The van der Waals surface area contributed by atoms with Gasteiger partial charge in [-0.25, -0.2) is 9.80 Å². The Labute approximate surface area is 263 Å². The van der Waals surface area contributed by atoms with Gasteiger partial charge in [-0.05, 0) is 24.3 Å². The lowest BCUT2D eigenvalue weighted by Gasteiger charge is -2.44. The Kier molecular flexibility index (Phi) is 6.28. The number of hydrogen-bond donors (Lipinski definition) is 0. The van der Waals surface area contributed by atoms with Crippen LogP contribution in [0.4, 0.5) is 11.4 Å². The number of amides is 4. The first-order valence-corrected chi connectivity index (χ1v) is 15.2. The lowest BCUT2D eigenvalue weighted by atomic mass is 9.54. The highest BCUT2D eigenvalue weighted by Crippen LogP contribution is 2.58. The summed E-state index contributed by atoms with van der Waals surface area (Å²) in [6.45, 7) is 0. The minimum absolute atomic E-state index is 0.235. The molecule has 2 saturated heterocycles. The third-order valence-electron chi connectivity index (χ3n) is 9.82. The van der Waals surface area contributed by atoms with Crippen LogP contribution in [0.15, 0.2) is 121 Å². The molecule has 4 amide bonds. The molecule has 4 aromatic rings. The highest BCUT2D eigenvalue weighted by atomic mass is 16.2. The van der Waals surface area contributed by atoms with Gasteiger partial charge < -0.3 is 0 Å². The molecule has 9 rings (SSSR count). The fourth-order valence-corrected chi connectivity index (χ4v) is 7.82. The quantitative estimate of drug-likeness (QED) is 0.176. The van der Waals surface area contributed by atoms with Gasteiger partial charge in [0.15, 0.2) is 11.6 Å². The van der Waals surface area contributed by atoms with E-state index in [4.69, 9.17) is 0 Å². The molecule has 2 aliphatic heterocycles. The lowest BCUT2D eigenvalue weighted by Crippen LogP contribution is -2.50. The van der Waals surface area contributed by atoms with Crippen LogP contribution in [0.25, 0.3) is 0 Å². The summed E-state index contributed by atoms with van der Waals surface area (Å²) in [6.07, 6.45) is 3.61. The zero-order valence-corrected chi connectivity index (χ0v) is 24.4. The zero-order valence-electron chi connectivity index (χ0n) is 24.4. The highest BCUT2D eigenvalue weighted by molar-refractivity contribution is 6.27. The van der Waals surface area contributed by atoms with Crippen molar-refractivity contribution in [1.29, 1.82) is 0 Å². The summed E-state index contributed by atoms with van der Waals surface area (Å²) in [7, 11) is 0.